The van der Waals surface area contributed by atoms with Crippen LogP contribution in [0.2, 0.25) is 0 Å². The van der Waals surface area contributed by atoms with Crippen molar-refractivity contribution in [3.05, 3.63) is 101 Å². The smallest absolute Gasteiger partial charge is 0.254 e. The van der Waals surface area contributed by atoms with E-state index in [0.29, 0.717) is 30.8 Å². The van der Waals surface area contributed by atoms with Gasteiger partial charge in [-0.15, -0.1) is 0 Å². The van der Waals surface area contributed by atoms with Gasteiger partial charge >= 0.3 is 0 Å². The van der Waals surface area contributed by atoms with Crippen molar-refractivity contribution in [2.75, 3.05) is 46.4 Å². The first-order chi connectivity index (χ1) is 20.0. The third-order valence-corrected chi connectivity index (χ3v) is 8.47. The molecule has 2 unspecified atom stereocenters. The summed E-state index contributed by atoms with van der Waals surface area (Å²) in [7, 11) is 1.60. The second kappa shape index (κ2) is 13.8. The van der Waals surface area contributed by atoms with Gasteiger partial charge in [-0.3, -0.25) is 14.5 Å². The van der Waals surface area contributed by atoms with Gasteiger partial charge in [0, 0.05) is 50.9 Å². The van der Waals surface area contributed by atoms with Crippen LogP contribution in [0.25, 0.3) is 0 Å². The van der Waals surface area contributed by atoms with Crippen molar-refractivity contribution in [3.63, 3.8) is 0 Å². The molecule has 0 spiro atoms. The Morgan fingerprint density at radius 2 is 1.78 bits per heavy atom. The highest BCUT2D eigenvalue weighted by molar-refractivity contribution is 5.98. The highest BCUT2D eigenvalue weighted by atomic mass is 16.5. The minimum Gasteiger partial charge on any atom is -0.497 e. The van der Waals surface area contributed by atoms with Gasteiger partial charge in [0.2, 0.25) is 5.91 Å². The molecule has 216 valence electrons. The fourth-order valence-corrected chi connectivity index (χ4v) is 6.05. The van der Waals surface area contributed by atoms with Gasteiger partial charge in [-0.1, -0.05) is 60.7 Å². The lowest BCUT2D eigenvalue weighted by molar-refractivity contribution is -0.135. The van der Waals surface area contributed by atoms with Gasteiger partial charge in [0.15, 0.2) is 0 Å². The first kappa shape index (κ1) is 28.8. The first-order valence-corrected chi connectivity index (χ1v) is 14.8. The van der Waals surface area contributed by atoms with E-state index >= 15 is 0 Å². The average Bonchev–Trinajstić information content (AvgIpc) is 3.27. The SMILES string of the molecule is COc1cccc(C(=O)N2CC(N(CCc3ccccc3)Cc3ccccc3C)CC2C(=O)N2CCCNCC2)c1. The van der Waals surface area contributed by atoms with Crippen molar-refractivity contribution < 1.29 is 14.3 Å². The highest BCUT2D eigenvalue weighted by Gasteiger charge is 2.43. The molecule has 0 aromatic heterocycles. The summed E-state index contributed by atoms with van der Waals surface area (Å²) in [5.74, 6) is 0.583. The molecule has 2 aliphatic heterocycles. The van der Waals surface area contributed by atoms with Crippen LogP contribution in [0.1, 0.15) is 39.9 Å². The van der Waals surface area contributed by atoms with Crippen LogP contribution in [-0.2, 0) is 17.8 Å². The summed E-state index contributed by atoms with van der Waals surface area (Å²) in [5.41, 5.74) is 4.37. The zero-order valence-electron chi connectivity index (χ0n) is 24.3. The summed E-state index contributed by atoms with van der Waals surface area (Å²) in [5, 5.41) is 3.39. The Bertz CT molecular complexity index is 1310. The molecular formula is C34H42N4O3. The summed E-state index contributed by atoms with van der Waals surface area (Å²) in [6, 6.07) is 25.9. The minimum atomic E-state index is -0.493. The van der Waals surface area contributed by atoms with Crippen molar-refractivity contribution in [1.29, 1.82) is 0 Å². The van der Waals surface area contributed by atoms with E-state index in [2.05, 4.69) is 65.7 Å². The summed E-state index contributed by atoms with van der Waals surface area (Å²) in [6.07, 6.45) is 2.45. The molecule has 7 heteroatoms. The lowest BCUT2D eigenvalue weighted by Crippen LogP contribution is -2.48. The van der Waals surface area contributed by atoms with E-state index in [4.69, 9.17) is 4.74 Å². The maximum atomic E-state index is 14.0. The highest BCUT2D eigenvalue weighted by Crippen LogP contribution is 2.29. The third kappa shape index (κ3) is 7.16. The number of hydrogen-bond acceptors (Lipinski definition) is 5. The second-order valence-corrected chi connectivity index (χ2v) is 11.2. The lowest BCUT2D eigenvalue weighted by atomic mass is 10.0. The van der Waals surface area contributed by atoms with Crippen LogP contribution in [0, 0.1) is 6.92 Å². The van der Waals surface area contributed by atoms with Crippen LogP contribution in [0.5, 0.6) is 5.75 Å². The maximum absolute atomic E-state index is 14.0. The van der Waals surface area contributed by atoms with E-state index < -0.39 is 6.04 Å². The molecule has 5 rings (SSSR count). The van der Waals surface area contributed by atoms with Crippen molar-refractivity contribution in [1.82, 2.24) is 20.0 Å². The Morgan fingerprint density at radius 1 is 0.976 bits per heavy atom. The van der Waals surface area contributed by atoms with E-state index in [1.165, 1.54) is 16.7 Å². The zero-order valence-corrected chi connectivity index (χ0v) is 24.3. The van der Waals surface area contributed by atoms with Gasteiger partial charge in [-0.2, -0.15) is 0 Å². The summed E-state index contributed by atoms with van der Waals surface area (Å²) in [4.78, 5) is 34.3. The van der Waals surface area contributed by atoms with Crippen LogP contribution in [0.3, 0.4) is 0 Å². The molecule has 2 amide bonds. The predicted octanol–water partition coefficient (Wildman–Crippen LogP) is 4.15. The number of hydrogen-bond donors (Lipinski definition) is 1. The molecule has 0 aliphatic carbocycles. The number of likely N-dealkylation sites (tertiary alicyclic amines) is 1. The fourth-order valence-electron chi connectivity index (χ4n) is 6.05. The molecule has 2 aliphatic rings. The van der Waals surface area contributed by atoms with E-state index in [-0.39, 0.29) is 17.9 Å². The third-order valence-electron chi connectivity index (χ3n) is 8.47. The predicted molar refractivity (Wildman–Crippen MR) is 162 cm³/mol. The largest absolute Gasteiger partial charge is 0.497 e. The van der Waals surface area contributed by atoms with E-state index in [1.807, 2.05) is 34.1 Å². The fraction of sp³-hybridized carbons (Fsp3) is 0.412. The normalized spacial score (nSPS) is 19.3. The van der Waals surface area contributed by atoms with Crippen LogP contribution in [-0.4, -0.2) is 85.0 Å². The number of nitrogens with zero attached hydrogens (tertiary/aromatic N) is 3. The molecule has 2 heterocycles. The Balaban J connectivity index is 1.44. The summed E-state index contributed by atoms with van der Waals surface area (Å²) >= 11 is 0. The van der Waals surface area contributed by atoms with E-state index in [9.17, 15) is 9.59 Å². The molecule has 41 heavy (non-hydrogen) atoms. The van der Waals surface area contributed by atoms with Gasteiger partial charge in [0.1, 0.15) is 11.8 Å². The number of carbonyl (C=O) groups is 2. The molecule has 1 N–H and O–H groups in total. The van der Waals surface area contributed by atoms with Crippen LogP contribution < -0.4 is 10.1 Å². The number of benzene rings is 3. The van der Waals surface area contributed by atoms with Gasteiger partial charge in [0.25, 0.3) is 5.91 Å². The molecular weight excluding hydrogens is 512 g/mol. The molecule has 3 aromatic rings. The molecule has 0 saturated carbocycles. The number of ether oxygens (including phenoxy) is 1. The standard InChI is InChI=1S/C34H42N4O3/c1-26-10-6-7-13-29(26)24-37(20-16-27-11-4-3-5-12-27)30-23-32(34(40)36-19-9-17-35-18-21-36)38(25-30)33(39)28-14-8-15-31(22-28)41-2/h3-8,10-15,22,30,32,35H,9,16-21,23-25H2,1-2H3. The van der Waals surface area contributed by atoms with Crippen molar-refractivity contribution in [2.45, 2.75) is 44.8 Å². The van der Waals surface area contributed by atoms with Crippen LogP contribution in [0.4, 0.5) is 0 Å². The van der Waals surface area contributed by atoms with E-state index in [0.717, 1.165) is 45.6 Å². The molecule has 3 aromatic carbocycles. The Kier molecular flexibility index (Phi) is 9.70. The Morgan fingerprint density at radius 3 is 2.59 bits per heavy atom. The molecule has 2 saturated heterocycles. The quantitative estimate of drug-likeness (QED) is 0.431. The van der Waals surface area contributed by atoms with Crippen LogP contribution in [0.15, 0.2) is 78.9 Å². The number of aryl methyl sites for hydroxylation is 1. The van der Waals surface area contributed by atoms with Gasteiger partial charge in [-0.05, 0) is 67.6 Å². The molecule has 0 radical (unpaired) electrons. The van der Waals surface area contributed by atoms with Crippen LogP contribution >= 0.6 is 0 Å². The lowest BCUT2D eigenvalue weighted by Gasteiger charge is -2.30. The summed E-state index contributed by atoms with van der Waals surface area (Å²) in [6.45, 7) is 7.36. The molecule has 2 atom stereocenters. The van der Waals surface area contributed by atoms with Gasteiger partial charge < -0.3 is 19.9 Å². The number of methoxy groups -OCH3 is 1. The number of amides is 2. The number of carbonyl (C=O) groups excluding carboxylic acids is 2. The van der Waals surface area contributed by atoms with Gasteiger partial charge in [-0.25, -0.2) is 0 Å². The van der Waals surface area contributed by atoms with Crippen molar-refractivity contribution in [3.8, 4) is 5.75 Å². The Hall–Kier alpha value is -3.68. The van der Waals surface area contributed by atoms with Crippen molar-refractivity contribution >= 4 is 11.8 Å². The second-order valence-electron chi connectivity index (χ2n) is 11.2. The monoisotopic (exact) mass is 554 g/mol. The summed E-state index contributed by atoms with van der Waals surface area (Å²) < 4.78 is 5.40. The van der Waals surface area contributed by atoms with Crippen molar-refractivity contribution in [2.24, 2.45) is 0 Å². The maximum Gasteiger partial charge on any atom is 0.254 e. The number of nitrogens with one attached hydrogen (secondary N) is 1. The average molecular weight is 555 g/mol. The molecule has 0 bridgehead atoms. The number of rotatable bonds is 9. The Labute approximate surface area is 244 Å². The molecule has 2 fully saturated rings. The topological polar surface area (TPSA) is 65.1 Å². The minimum absolute atomic E-state index is 0.0614. The van der Waals surface area contributed by atoms with E-state index in [1.54, 1.807) is 13.2 Å². The molecule has 7 nitrogen and oxygen atoms in total. The zero-order chi connectivity index (χ0) is 28.6. The van der Waals surface area contributed by atoms with Gasteiger partial charge in [0.05, 0.1) is 7.11 Å². The first-order valence-electron chi connectivity index (χ1n) is 14.8.